The summed E-state index contributed by atoms with van der Waals surface area (Å²) in [7, 11) is -3.43. The Morgan fingerprint density at radius 3 is 2.00 bits per heavy atom. The van der Waals surface area contributed by atoms with Gasteiger partial charge in [0.05, 0.1) is 11.3 Å². The molecule has 106 valence electrons. The van der Waals surface area contributed by atoms with Crippen LogP contribution in [0.4, 0.5) is 0 Å². The van der Waals surface area contributed by atoms with E-state index in [0.29, 0.717) is 6.42 Å². The normalized spacial score (nSPS) is 15.2. The third-order valence-electron chi connectivity index (χ3n) is 2.94. The molecular formula is C12H23NO4S. The van der Waals surface area contributed by atoms with Crippen LogP contribution in [-0.2, 0) is 19.4 Å². The lowest BCUT2D eigenvalue weighted by molar-refractivity contribution is -0.126. The van der Waals surface area contributed by atoms with Crippen LogP contribution in [0.1, 0.15) is 41.0 Å². The number of hydrogen-bond donors (Lipinski definition) is 1. The molecule has 0 aromatic rings. The van der Waals surface area contributed by atoms with Gasteiger partial charge in [0.15, 0.2) is 15.6 Å². The van der Waals surface area contributed by atoms with Gasteiger partial charge in [-0.1, -0.05) is 20.8 Å². The summed E-state index contributed by atoms with van der Waals surface area (Å²) in [6, 6.07) is -0.621. The Morgan fingerprint density at radius 1 is 1.17 bits per heavy atom. The zero-order valence-corrected chi connectivity index (χ0v) is 12.5. The molecule has 18 heavy (non-hydrogen) atoms. The molecule has 0 aromatic carbocycles. The molecular weight excluding hydrogens is 254 g/mol. The van der Waals surface area contributed by atoms with E-state index in [0.717, 1.165) is 0 Å². The number of carbonyl (C=O) groups is 2. The molecule has 0 fully saturated rings. The third-order valence-corrected chi connectivity index (χ3v) is 5.17. The molecule has 6 heteroatoms. The van der Waals surface area contributed by atoms with Gasteiger partial charge in [0.2, 0.25) is 5.91 Å². The standard InChI is InChI=1S/C12H23NO4S/c1-6-9(4)18(16,17)7-11(15)13-12(8(2)3)10(5)14/h8-9,12H,6-7H2,1-5H3,(H,13,15). The SMILES string of the molecule is CCC(C)S(=O)(=O)CC(=O)NC(C(C)=O)C(C)C. The molecule has 0 aliphatic carbocycles. The lowest BCUT2D eigenvalue weighted by Crippen LogP contribution is -2.46. The monoisotopic (exact) mass is 277 g/mol. The van der Waals surface area contributed by atoms with Crippen molar-refractivity contribution in [3.63, 3.8) is 0 Å². The molecule has 0 saturated carbocycles. The number of amides is 1. The molecule has 0 heterocycles. The van der Waals surface area contributed by atoms with Gasteiger partial charge >= 0.3 is 0 Å². The first-order chi connectivity index (χ1) is 8.11. The van der Waals surface area contributed by atoms with E-state index < -0.39 is 32.8 Å². The Hall–Kier alpha value is -0.910. The number of hydrogen-bond acceptors (Lipinski definition) is 4. The molecule has 0 aliphatic heterocycles. The molecule has 2 atom stereocenters. The summed E-state index contributed by atoms with van der Waals surface area (Å²) < 4.78 is 23.5. The Labute approximate surface area is 109 Å². The second kappa shape index (κ2) is 6.87. The minimum atomic E-state index is -3.43. The van der Waals surface area contributed by atoms with E-state index in [1.165, 1.54) is 6.92 Å². The maximum Gasteiger partial charge on any atom is 0.235 e. The van der Waals surface area contributed by atoms with Crippen molar-refractivity contribution in [1.82, 2.24) is 5.32 Å². The largest absolute Gasteiger partial charge is 0.345 e. The van der Waals surface area contributed by atoms with Gasteiger partial charge < -0.3 is 5.32 Å². The highest BCUT2D eigenvalue weighted by Crippen LogP contribution is 2.07. The van der Waals surface area contributed by atoms with Gasteiger partial charge in [-0.05, 0) is 26.2 Å². The molecule has 0 spiro atoms. The fourth-order valence-corrected chi connectivity index (χ4v) is 2.77. The maximum atomic E-state index is 11.7. The fraction of sp³-hybridized carbons (Fsp3) is 0.833. The second-order valence-corrected chi connectivity index (χ2v) is 7.35. The highest BCUT2D eigenvalue weighted by molar-refractivity contribution is 7.92. The third kappa shape index (κ3) is 5.16. The molecule has 0 aliphatic rings. The van der Waals surface area contributed by atoms with Crippen molar-refractivity contribution < 1.29 is 18.0 Å². The van der Waals surface area contributed by atoms with Crippen molar-refractivity contribution in [2.75, 3.05) is 5.75 Å². The van der Waals surface area contributed by atoms with Crippen molar-refractivity contribution >= 4 is 21.5 Å². The van der Waals surface area contributed by atoms with Gasteiger partial charge in [0.1, 0.15) is 5.75 Å². The summed E-state index contributed by atoms with van der Waals surface area (Å²) in [6.07, 6.45) is 0.468. The summed E-state index contributed by atoms with van der Waals surface area (Å²) in [4.78, 5) is 23.0. The Balaban J connectivity index is 4.66. The summed E-state index contributed by atoms with van der Waals surface area (Å²) >= 11 is 0. The Morgan fingerprint density at radius 2 is 1.67 bits per heavy atom. The number of sulfone groups is 1. The minimum absolute atomic E-state index is 0.0576. The predicted molar refractivity (Wildman–Crippen MR) is 71.0 cm³/mol. The number of carbonyl (C=O) groups excluding carboxylic acids is 2. The lowest BCUT2D eigenvalue weighted by Gasteiger charge is -2.20. The molecule has 0 aromatic heterocycles. The quantitative estimate of drug-likeness (QED) is 0.750. The van der Waals surface area contributed by atoms with Crippen LogP contribution in [0.15, 0.2) is 0 Å². The van der Waals surface area contributed by atoms with E-state index >= 15 is 0 Å². The van der Waals surface area contributed by atoms with Crippen LogP contribution in [0.25, 0.3) is 0 Å². The second-order valence-electron chi connectivity index (χ2n) is 4.93. The van der Waals surface area contributed by atoms with E-state index in [1.54, 1.807) is 27.7 Å². The van der Waals surface area contributed by atoms with Crippen molar-refractivity contribution in [3.05, 3.63) is 0 Å². The first kappa shape index (κ1) is 17.1. The van der Waals surface area contributed by atoms with Gasteiger partial charge in [0.25, 0.3) is 0 Å². The van der Waals surface area contributed by atoms with E-state index in [2.05, 4.69) is 5.32 Å². The molecule has 0 bridgehead atoms. The van der Waals surface area contributed by atoms with Crippen LogP contribution in [-0.4, -0.2) is 37.2 Å². The number of nitrogens with one attached hydrogen (secondary N) is 1. The summed E-state index contributed by atoms with van der Waals surface area (Å²) in [5.41, 5.74) is 0. The first-order valence-corrected chi connectivity index (χ1v) is 7.84. The highest BCUT2D eigenvalue weighted by Gasteiger charge is 2.26. The maximum absolute atomic E-state index is 11.7. The molecule has 1 N–H and O–H groups in total. The van der Waals surface area contributed by atoms with Crippen molar-refractivity contribution in [3.8, 4) is 0 Å². The Bertz CT molecular complexity index is 400. The number of rotatable bonds is 7. The van der Waals surface area contributed by atoms with Crippen LogP contribution in [0.2, 0.25) is 0 Å². The van der Waals surface area contributed by atoms with E-state index in [4.69, 9.17) is 0 Å². The zero-order chi connectivity index (χ0) is 14.5. The zero-order valence-electron chi connectivity index (χ0n) is 11.7. The summed E-state index contributed by atoms with van der Waals surface area (Å²) in [5.74, 6) is -1.39. The van der Waals surface area contributed by atoms with Crippen LogP contribution in [0, 0.1) is 5.92 Å². The van der Waals surface area contributed by atoms with Crippen molar-refractivity contribution in [2.45, 2.75) is 52.3 Å². The van der Waals surface area contributed by atoms with Gasteiger partial charge in [0, 0.05) is 0 Å². The topological polar surface area (TPSA) is 80.3 Å². The minimum Gasteiger partial charge on any atom is -0.345 e. The van der Waals surface area contributed by atoms with Gasteiger partial charge in [-0.2, -0.15) is 0 Å². The van der Waals surface area contributed by atoms with Gasteiger partial charge in [-0.3, -0.25) is 9.59 Å². The smallest absolute Gasteiger partial charge is 0.235 e. The number of Topliss-reactive ketones (excluding diaryl/α,β-unsaturated/α-hetero) is 1. The number of ketones is 1. The van der Waals surface area contributed by atoms with E-state index in [9.17, 15) is 18.0 Å². The first-order valence-electron chi connectivity index (χ1n) is 6.13. The van der Waals surface area contributed by atoms with E-state index in [-0.39, 0.29) is 11.7 Å². The van der Waals surface area contributed by atoms with Gasteiger partial charge in [-0.25, -0.2) is 8.42 Å². The van der Waals surface area contributed by atoms with Gasteiger partial charge in [-0.15, -0.1) is 0 Å². The summed E-state index contributed by atoms with van der Waals surface area (Å²) in [5, 5.41) is 1.94. The van der Waals surface area contributed by atoms with Crippen LogP contribution in [0.3, 0.4) is 0 Å². The Kier molecular flexibility index (Phi) is 6.52. The van der Waals surface area contributed by atoms with Crippen LogP contribution >= 0.6 is 0 Å². The van der Waals surface area contributed by atoms with Crippen LogP contribution in [0.5, 0.6) is 0 Å². The fourth-order valence-electron chi connectivity index (χ4n) is 1.53. The molecule has 1 amide bonds. The summed E-state index contributed by atoms with van der Waals surface area (Å²) in [6.45, 7) is 8.32. The van der Waals surface area contributed by atoms with E-state index in [1.807, 2.05) is 0 Å². The lowest BCUT2D eigenvalue weighted by atomic mass is 10.0. The molecule has 0 rings (SSSR count). The molecule has 0 saturated heterocycles. The molecule has 2 unspecified atom stereocenters. The predicted octanol–water partition coefficient (Wildman–Crippen LogP) is 0.929. The average molecular weight is 277 g/mol. The highest BCUT2D eigenvalue weighted by atomic mass is 32.2. The van der Waals surface area contributed by atoms with Crippen molar-refractivity contribution in [2.24, 2.45) is 5.92 Å². The van der Waals surface area contributed by atoms with Crippen molar-refractivity contribution in [1.29, 1.82) is 0 Å². The average Bonchev–Trinajstić information content (AvgIpc) is 2.23. The molecule has 0 radical (unpaired) electrons. The molecule has 5 nitrogen and oxygen atoms in total. The van der Waals surface area contributed by atoms with Crippen LogP contribution < -0.4 is 5.32 Å².